The number of hydrogen-bond acceptors (Lipinski definition) is 1. The highest BCUT2D eigenvalue weighted by Crippen LogP contribution is 2.42. The Morgan fingerprint density at radius 2 is 0.679 bits per heavy atom. The number of nitrogens with zero attached hydrogens (tertiary/aromatic N) is 1. The van der Waals surface area contributed by atoms with Crippen LogP contribution >= 0.6 is 0 Å². The molecule has 0 radical (unpaired) electrons. The predicted octanol–water partition coefficient (Wildman–Crippen LogP) is 14.6. The molecule has 1 heteroatoms. The summed E-state index contributed by atoms with van der Waals surface area (Å²) in [5.41, 5.74) is 15.3. The maximum atomic E-state index is 2.38. The lowest BCUT2D eigenvalue weighted by Crippen LogP contribution is -2.11. The number of benzene rings is 9. The fourth-order valence-electron chi connectivity index (χ4n) is 7.32. The Labute approximate surface area is 311 Å². The van der Waals surface area contributed by atoms with Crippen LogP contribution in [0, 0.1) is 0 Å². The third kappa shape index (κ3) is 6.65. The molecule has 0 saturated carbocycles. The van der Waals surface area contributed by atoms with Crippen molar-refractivity contribution < 1.29 is 0 Å². The summed E-state index contributed by atoms with van der Waals surface area (Å²) in [5, 5.41) is 2.52. The maximum Gasteiger partial charge on any atom is 0.0540 e. The van der Waals surface area contributed by atoms with E-state index in [2.05, 4.69) is 229 Å². The second-order valence-electron chi connectivity index (χ2n) is 13.4. The van der Waals surface area contributed by atoms with Gasteiger partial charge in [0.25, 0.3) is 0 Å². The summed E-state index contributed by atoms with van der Waals surface area (Å²) in [5.74, 6) is 0. The summed E-state index contributed by atoms with van der Waals surface area (Å²) in [7, 11) is 0. The van der Waals surface area contributed by atoms with Gasteiger partial charge in [-0.1, -0.05) is 182 Å². The molecule has 250 valence electrons. The number of anilines is 3. The first-order chi connectivity index (χ1) is 26.3. The van der Waals surface area contributed by atoms with Gasteiger partial charge in [0, 0.05) is 16.9 Å². The zero-order valence-electron chi connectivity index (χ0n) is 29.3. The van der Waals surface area contributed by atoms with Gasteiger partial charge in [-0.05, 0) is 103 Å². The summed E-state index contributed by atoms with van der Waals surface area (Å²) in [6.45, 7) is 0. The monoisotopic (exact) mass is 675 g/mol. The van der Waals surface area contributed by atoms with E-state index in [1.54, 1.807) is 0 Å². The number of rotatable bonds is 8. The van der Waals surface area contributed by atoms with Gasteiger partial charge in [0.2, 0.25) is 0 Å². The van der Waals surface area contributed by atoms with Gasteiger partial charge in [-0.3, -0.25) is 0 Å². The van der Waals surface area contributed by atoms with E-state index >= 15 is 0 Å². The number of hydrogen-bond donors (Lipinski definition) is 0. The molecule has 9 aromatic carbocycles. The van der Waals surface area contributed by atoms with Crippen LogP contribution in [-0.2, 0) is 0 Å². The lowest BCUT2D eigenvalue weighted by atomic mass is 9.96. The van der Waals surface area contributed by atoms with Crippen LogP contribution in [-0.4, -0.2) is 0 Å². The molecule has 0 fully saturated rings. The average molecular weight is 676 g/mol. The molecule has 0 N–H and O–H groups in total. The van der Waals surface area contributed by atoms with Crippen molar-refractivity contribution in [3.05, 3.63) is 224 Å². The van der Waals surface area contributed by atoms with Gasteiger partial charge in [0.05, 0.1) is 5.69 Å². The molecule has 0 heterocycles. The van der Waals surface area contributed by atoms with Gasteiger partial charge in [-0.2, -0.15) is 0 Å². The Morgan fingerprint density at radius 3 is 1.40 bits per heavy atom. The smallest absolute Gasteiger partial charge is 0.0540 e. The minimum absolute atomic E-state index is 1.10. The van der Waals surface area contributed by atoms with Gasteiger partial charge in [-0.25, -0.2) is 0 Å². The molecule has 0 amide bonds. The normalized spacial score (nSPS) is 11.0. The van der Waals surface area contributed by atoms with Crippen molar-refractivity contribution in [2.75, 3.05) is 4.90 Å². The van der Waals surface area contributed by atoms with Crippen molar-refractivity contribution in [1.29, 1.82) is 0 Å². The van der Waals surface area contributed by atoms with Crippen molar-refractivity contribution in [1.82, 2.24) is 0 Å². The lowest BCUT2D eigenvalue weighted by molar-refractivity contribution is 1.28. The van der Waals surface area contributed by atoms with Crippen LogP contribution in [0.4, 0.5) is 17.1 Å². The number of fused-ring (bicyclic) bond motifs is 1. The third-order valence-corrected chi connectivity index (χ3v) is 10.1. The highest BCUT2D eigenvalue weighted by molar-refractivity contribution is 5.90. The van der Waals surface area contributed by atoms with Crippen LogP contribution in [0.3, 0.4) is 0 Å². The van der Waals surface area contributed by atoms with Crippen molar-refractivity contribution in [2.24, 2.45) is 0 Å². The first-order valence-corrected chi connectivity index (χ1v) is 18.2. The van der Waals surface area contributed by atoms with E-state index in [1.807, 2.05) is 0 Å². The maximum absolute atomic E-state index is 2.38. The van der Waals surface area contributed by atoms with E-state index in [1.165, 1.54) is 66.4 Å². The summed E-state index contributed by atoms with van der Waals surface area (Å²) < 4.78 is 0. The molecule has 0 aromatic heterocycles. The van der Waals surface area contributed by atoms with Gasteiger partial charge in [0.15, 0.2) is 0 Å². The minimum Gasteiger partial charge on any atom is -0.310 e. The van der Waals surface area contributed by atoms with Gasteiger partial charge in [-0.15, -0.1) is 0 Å². The second kappa shape index (κ2) is 14.3. The van der Waals surface area contributed by atoms with Crippen LogP contribution < -0.4 is 4.90 Å². The molecule has 9 rings (SSSR count). The molecule has 0 bridgehead atoms. The molecular formula is C52H37N. The summed E-state index contributed by atoms with van der Waals surface area (Å²) >= 11 is 0. The summed E-state index contributed by atoms with van der Waals surface area (Å²) in [6.07, 6.45) is 0. The Bertz CT molecular complexity index is 2640. The zero-order chi connectivity index (χ0) is 35.4. The van der Waals surface area contributed by atoms with E-state index in [0.717, 1.165) is 17.1 Å². The molecule has 9 aromatic rings. The molecule has 0 unspecified atom stereocenters. The first-order valence-electron chi connectivity index (χ1n) is 18.2. The SMILES string of the molecule is c1ccc(-c2cccc(N(c3ccc(-c4ccc(-c5cccc(-c6ccc7ccccc7c6)c5)cc4)cc3)c3ccccc3-c3ccccc3)c2)cc1. The van der Waals surface area contributed by atoms with Crippen LogP contribution in [0.5, 0.6) is 0 Å². The van der Waals surface area contributed by atoms with Crippen molar-refractivity contribution in [3.63, 3.8) is 0 Å². The molecule has 0 saturated heterocycles. The predicted molar refractivity (Wildman–Crippen MR) is 226 cm³/mol. The molecule has 0 spiro atoms. The van der Waals surface area contributed by atoms with E-state index in [4.69, 9.17) is 0 Å². The molecule has 1 nitrogen and oxygen atoms in total. The van der Waals surface area contributed by atoms with E-state index in [0.29, 0.717) is 0 Å². The molecule has 0 aliphatic carbocycles. The van der Waals surface area contributed by atoms with E-state index in [9.17, 15) is 0 Å². The Morgan fingerprint density at radius 1 is 0.226 bits per heavy atom. The van der Waals surface area contributed by atoms with Crippen molar-refractivity contribution in [3.8, 4) is 55.6 Å². The van der Waals surface area contributed by atoms with Crippen LogP contribution in [0.15, 0.2) is 224 Å². The van der Waals surface area contributed by atoms with Crippen LogP contribution in [0.25, 0.3) is 66.4 Å². The van der Waals surface area contributed by atoms with Gasteiger partial charge in [0.1, 0.15) is 0 Å². The van der Waals surface area contributed by atoms with Crippen molar-refractivity contribution >= 4 is 27.8 Å². The standard InChI is InChI=1S/C52H37N/c1-3-13-38(14-4-1)47-21-12-22-50(37-47)53(52-24-10-9-23-51(52)43-16-5-2-6-17-43)49-33-31-41(32-34-49)40-25-27-42(28-26-40)45-19-11-20-46(35-45)48-30-29-39-15-7-8-18-44(39)36-48/h1-37H. The molecular weight excluding hydrogens is 639 g/mol. The largest absolute Gasteiger partial charge is 0.310 e. The topological polar surface area (TPSA) is 3.24 Å². The molecule has 0 aliphatic heterocycles. The first kappa shape index (κ1) is 32.0. The highest BCUT2D eigenvalue weighted by atomic mass is 15.1. The van der Waals surface area contributed by atoms with Gasteiger partial charge >= 0.3 is 0 Å². The van der Waals surface area contributed by atoms with Crippen molar-refractivity contribution in [2.45, 2.75) is 0 Å². The van der Waals surface area contributed by atoms with Crippen LogP contribution in [0.1, 0.15) is 0 Å². The molecule has 53 heavy (non-hydrogen) atoms. The van der Waals surface area contributed by atoms with Crippen LogP contribution in [0.2, 0.25) is 0 Å². The molecule has 0 aliphatic rings. The number of para-hydroxylation sites is 1. The summed E-state index contributed by atoms with van der Waals surface area (Å²) in [6, 6.07) is 80.8. The Kier molecular flexibility index (Phi) is 8.66. The Balaban J connectivity index is 1.04. The zero-order valence-corrected chi connectivity index (χ0v) is 29.3. The third-order valence-electron chi connectivity index (χ3n) is 10.1. The fraction of sp³-hybridized carbons (Fsp3) is 0. The average Bonchev–Trinajstić information content (AvgIpc) is 3.25. The van der Waals surface area contributed by atoms with E-state index < -0.39 is 0 Å². The highest BCUT2D eigenvalue weighted by Gasteiger charge is 2.18. The Hall–Kier alpha value is -6.96. The van der Waals surface area contributed by atoms with Gasteiger partial charge < -0.3 is 4.90 Å². The quantitative estimate of drug-likeness (QED) is 0.155. The minimum atomic E-state index is 1.10. The fourth-order valence-corrected chi connectivity index (χ4v) is 7.32. The second-order valence-corrected chi connectivity index (χ2v) is 13.4. The van der Waals surface area contributed by atoms with E-state index in [-0.39, 0.29) is 0 Å². The lowest BCUT2D eigenvalue weighted by Gasteiger charge is -2.28. The summed E-state index contributed by atoms with van der Waals surface area (Å²) in [4.78, 5) is 2.38. The molecule has 0 atom stereocenters.